The lowest BCUT2D eigenvalue weighted by molar-refractivity contribution is -0.130. The van der Waals surface area contributed by atoms with Crippen LogP contribution in [-0.2, 0) is 16.1 Å². The molecule has 1 aromatic heterocycles. The molecule has 0 aliphatic carbocycles. The smallest absolute Gasteiger partial charge is 0.410 e. The van der Waals surface area contributed by atoms with Gasteiger partial charge in [-0.25, -0.2) is 9.78 Å². The molecule has 4 rings (SSSR count). The van der Waals surface area contributed by atoms with E-state index in [-0.39, 0.29) is 18.0 Å². The van der Waals surface area contributed by atoms with E-state index in [1.807, 2.05) is 59.7 Å². The first-order valence-corrected chi connectivity index (χ1v) is 14.3. The Morgan fingerprint density at radius 3 is 2.43 bits per heavy atom. The number of amides is 2. The molecular weight excluding hydrogens is 554 g/mol. The number of nitrogens with zero attached hydrogens (tertiary/aromatic N) is 3. The number of aromatic nitrogens is 1. The molecule has 1 atom stereocenters. The number of hydrogen-bond donors (Lipinski definition) is 0. The van der Waals surface area contributed by atoms with Gasteiger partial charge in [-0.1, -0.05) is 41.4 Å². The molecule has 0 spiro atoms. The molecule has 2 aromatic carbocycles. The van der Waals surface area contributed by atoms with Gasteiger partial charge in [-0.2, -0.15) is 0 Å². The van der Waals surface area contributed by atoms with Crippen molar-refractivity contribution in [3.05, 3.63) is 88.1 Å². The van der Waals surface area contributed by atoms with Crippen molar-refractivity contribution in [2.45, 2.75) is 59.8 Å². The summed E-state index contributed by atoms with van der Waals surface area (Å²) in [7, 11) is 0. The Balaban J connectivity index is 1.33. The van der Waals surface area contributed by atoms with Gasteiger partial charge in [0.15, 0.2) is 5.75 Å². The van der Waals surface area contributed by atoms with Gasteiger partial charge in [0.2, 0.25) is 11.8 Å². The normalized spacial score (nSPS) is 15.5. The molecular formula is C33H38ClN3O5. The van der Waals surface area contributed by atoms with Crippen LogP contribution in [0.15, 0.2) is 60.8 Å². The van der Waals surface area contributed by atoms with Gasteiger partial charge in [-0.15, -0.1) is 0 Å². The molecule has 1 saturated heterocycles. The molecule has 2 heterocycles. The highest BCUT2D eigenvalue weighted by Crippen LogP contribution is 2.34. The van der Waals surface area contributed by atoms with E-state index in [0.717, 1.165) is 16.7 Å². The zero-order chi connectivity index (χ0) is 30.4. The Hall–Kier alpha value is -4.04. The largest absolute Gasteiger partial charge is 0.487 e. The fourth-order valence-corrected chi connectivity index (χ4v) is 4.81. The summed E-state index contributed by atoms with van der Waals surface area (Å²) in [5.41, 5.74) is 3.29. The summed E-state index contributed by atoms with van der Waals surface area (Å²) < 4.78 is 17.3. The summed E-state index contributed by atoms with van der Waals surface area (Å²) in [4.78, 5) is 33.1. The topological polar surface area (TPSA) is 81.2 Å². The maximum absolute atomic E-state index is 13.0. The molecule has 0 saturated carbocycles. The van der Waals surface area contributed by atoms with Gasteiger partial charge < -0.3 is 24.0 Å². The SMILES string of the molecule is Cc1ccc(COc2ccc(Oc3c(C)cc(/C=C/C(=O)N4CCN(C(=O)OC(C)(C)C)C[C@H]4C)cc3Cl)nc2)cc1. The summed E-state index contributed by atoms with van der Waals surface area (Å²) >= 11 is 6.57. The fraction of sp³-hybridized carbons (Fsp3) is 0.364. The highest BCUT2D eigenvalue weighted by Gasteiger charge is 2.31. The lowest BCUT2D eigenvalue weighted by atomic mass is 10.1. The second kappa shape index (κ2) is 13.3. The minimum Gasteiger partial charge on any atom is -0.487 e. The van der Waals surface area contributed by atoms with E-state index in [4.69, 9.17) is 25.8 Å². The van der Waals surface area contributed by atoms with E-state index in [1.54, 1.807) is 40.3 Å². The minimum absolute atomic E-state index is 0.130. The van der Waals surface area contributed by atoms with E-state index in [9.17, 15) is 9.59 Å². The predicted molar refractivity (Wildman–Crippen MR) is 164 cm³/mol. The van der Waals surface area contributed by atoms with Crippen LogP contribution in [0.2, 0.25) is 5.02 Å². The number of carbonyl (C=O) groups is 2. The van der Waals surface area contributed by atoms with Crippen LogP contribution >= 0.6 is 11.6 Å². The Morgan fingerprint density at radius 1 is 1.07 bits per heavy atom. The van der Waals surface area contributed by atoms with Gasteiger partial charge in [-0.05, 0) is 82.5 Å². The van der Waals surface area contributed by atoms with E-state index < -0.39 is 5.60 Å². The number of pyridine rings is 1. The minimum atomic E-state index is -0.561. The molecule has 0 radical (unpaired) electrons. The molecule has 1 aliphatic heterocycles. The molecule has 42 heavy (non-hydrogen) atoms. The zero-order valence-corrected chi connectivity index (χ0v) is 25.8. The third-order valence-corrected chi connectivity index (χ3v) is 6.95. The molecule has 8 nitrogen and oxygen atoms in total. The first-order chi connectivity index (χ1) is 19.9. The summed E-state index contributed by atoms with van der Waals surface area (Å²) in [5.74, 6) is 1.39. The Morgan fingerprint density at radius 2 is 1.81 bits per heavy atom. The van der Waals surface area contributed by atoms with Gasteiger partial charge in [0.25, 0.3) is 0 Å². The monoisotopic (exact) mass is 591 g/mol. The molecule has 1 fully saturated rings. The molecule has 222 valence electrons. The van der Waals surface area contributed by atoms with Crippen molar-refractivity contribution in [1.29, 1.82) is 0 Å². The Kier molecular flexibility index (Phi) is 9.78. The fourth-order valence-electron chi connectivity index (χ4n) is 4.49. The predicted octanol–water partition coefficient (Wildman–Crippen LogP) is 7.20. The lowest BCUT2D eigenvalue weighted by Gasteiger charge is -2.39. The van der Waals surface area contributed by atoms with E-state index in [1.165, 1.54) is 11.6 Å². The number of rotatable bonds is 7. The highest BCUT2D eigenvalue weighted by atomic mass is 35.5. The highest BCUT2D eigenvalue weighted by molar-refractivity contribution is 6.32. The lowest BCUT2D eigenvalue weighted by Crippen LogP contribution is -2.55. The molecule has 9 heteroatoms. The number of aryl methyl sites for hydroxylation is 2. The first kappa shape index (κ1) is 30.9. The van der Waals surface area contributed by atoms with E-state index in [0.29, 0.717) is 48.6 Å². The quantitative estimate of drug-likeness (QED) is 0.270. The average molecular weight is 592 g/mol. The second-order valence-corrected chi connectivity index (χ2v) is 11.9. The molecule has 0 bridgehead atoms. The number of carbonyl (C=O) groups excluding carboxylic acids is 2. The number of benzene rings is 2. The van der Waals surface area contributed by atoms with Gasteiger partial charge >= 0.3 is 6.09 Å². The summed E-state index contributed by atoms with van der Waals surface area (Å²) in [6, 6.07) is 15.2. The van der Waals surface area contributed by atoms with Crippen molar-refractivity contribution in [2.75, 3.05) is 19.6 Å². The van der Waals surface area contributed by atoms with Crippen molar-refractivity contribution in [2.24, 2.45) is 0 Å². The van der Waals surface area contributed by atoms with Crippen molar-refractivity contribution in [1.82, 2.24) is 14.8 Å². The van der Waals surface area contributed by atoms with Crippen LogP contribution in [0.5, 0.6) is 17.4 Å². The number of piperazine rings is 1. The third-order valence-electron chi connectivity index (χ3n) is 6.67. The van der Waals surface area contributed by atoms with Crippen LogP contribution in [0.1, 0.15) is 49.9 Å². The van der Waals surface area contributed by atoms with E-state index >= 15 is 0 Å². The van der Waals surface area contributed by atoms with Crippen LogP contribution < -0.4 is 9.47 Å². The van der Waals surface area contributed by atoms with Crippen LogP contribution in [-0.4, -0.2) is 58.1 Å². The maximum Gasteiger partial charge on any atom is 0.410 e. The van der Waals surface area contributed by atoms with Crippen LogP contribution in [0.3, 0.4) is 0 Å². The van der Waals surface area contributed by atoms with Gasteiger partial charge in [0.05, 0.1) is 11.2 Å². The number of ether oxygens (including phenoxy) is 3. The number of hydrogen-bond acceptors (Lipinski definition) is 6. The standard InChI is InChI=1S/C33H38ClN3O5/c1-22-7-9-25(10-8-22)21-40-27-12-13-29(35-19-27)41-31-23(2)17-26(18-28(31)34)11-14-30(38)37-16-15-36(20-24(37)3)32(39)42-33(4,5)6/h7-14,17-19,24H,15-16,20-21H2,1-6H3/b14-11+/t24-/m1/s1. The average Bonchev–Trinajstić information content (AvgIpc) is 2.93. The van der Waals surface area contributed by atoms with Crippen molar-refractivity contribution >= 4 is 29.7 Å². The van der Waals surface area contributed by atoms with Crippen LogP contribution in [0, 0.1) is 13.8 Å². The van der Waals surface area contributed by atoms with Gasteiger partial charge in [0, 0.05) is 37.8 Å². The zero-order valence-electron chi connectivity index (χ0n) is 25.0. The Labute approximate surface area is 252 Å². The van der Waals surface area contributed by atoms with Crippen molar-refractivity contribution in [3.63, 3.8) is 0 Å². The molecule has 3 aromatic rings. The summed E-state index contributed by atoms with van der Waals surface area (Å²) in [6.07, 6.45) is 4.52. The molecule has 0 N–H and O–H groups in total. The first-order valence-electron chi connectivity index (χ1n) is 14.0. The summed E-state index contributed by atoms with van der Waals surface area (Å²) in [6.45, 7) is 13.1. The van der Waals surface area contributed by atoms with Gasteiger partial charge in [0.1, 0.15) is 18.0 Å². The maximum atomic E-state index is 13.0. The number of halogens is 1. The van der Waals surface area contributed by atoms with Crippen molar-refractivity contribution < 1.29 is 23.8 Å². The third kappa shape index (κ3) is 8.49. The molecule has 1 aliphatic rings. The van der Waals surface area contributed by atoms with Gasteiger partial charge in [-0.3, -0.25) is 4.79 Å². The summed E-state index contributed by atoms with van der Waals surface area (Å²) in [5, 5.41) is 0.405. The Bertz CT molecular complexity index is 1410. The molecule has 2 amide bonds. The van der Waals surface area contributed by atoms with Crippen LogP contribution in [0.25, 0.3) is 6.08 Å². The second-order valence-electron chi connectivity index (χ2n) is 11.5. The molecule has 0 unspecified atom stereocenters. The van der Waals surface area contributed by atoms with Crippen LogP contribution in [0.4, 0.5) is 4.79 Å². The van der Waals surface area contributed by atoms with Crippen molar-refractivity contribution in [3.8, 4) is 17.4 Å². The van der Waals surface area contributed by atoms with E-state index in [2.05, 4.69) is 17.1 Å².